The molecule has 0 aliphatic carbocycles. The molecule has 0 aliphatic heterocycles. The Morgan fingerprint density at radius 3 is 2.36 bits per heavy atom. The third-order valence-corrected chi connectivity index (χ3v) is 1.99. The van der Waals surface area contributed by atoms with Gasteiger partial charge in [0, 0.05) is 11.9 Å². The number of allylic oxidation sites excluding steroid dienone is 3. The number of hydrogen-bond acceptors (Lipinski definition) is 0. The van der Waals surface area contributed by atoms with Crippen LogP contribution in [0.5, 0.6) is 0 Å². The van der Waals surface area contributed by atoms with E-state index in [1.807, 2.05) is 25.3 Å². The van der Waals surface area contributed by atoms with Gasteiger partial charge in [-0.3, -0.25) is 0 Å². The fraction of sp³-hybridized carbons (Fsp3) is 0.385. The Morgan fingerprint density at radius 2 is 2.07 bits per heavy atom. The van der Waals surface area contributed by atoms with Gasteiger partial charge in [-0.25, -0.2) is 0 Å². The zero-order chi connectivity index (χ0) is 10.8. The molecule has 0 saturated carbocycles. The second kappa shape index (κ2) is 8.36. The van der Waals surface area contributed by atoms with Gasteiger partial charge >= 0.3 is 0 Å². The molecule has 0 amide bonds. The summed E-state index contributed by atoms with van der Waals surface area (Å²) in [5.74, 6) is 0. The van der Waals surface area contributed by atoms with E-state index in [0.29, 0.717) is 0 Å². The second-order valence-corrected chi connectivity index (χ2v) is 2.95. The summed E-state index contributed by atoms with van der Waals surface area (Å²) < 4.78 is 0. The van der Waals surface area contributed by atoms with Crippen LogP contribution < -0.4 is 0 Å². The van der Waals surface area contributed by atoms with Crippen molar-refractivity contribution in [2.45, 2.75) is 33.6 Å². The Kier molecular flexibility index (Phi) is 7.62. The van der Waals surface area contributed by atoms with E-state index in [1.54, 1.807) is 6.08 Å². The van der Waals surface area contributed by atoms with E-state index in [9.17, 15) is 0 Å². The summed E-state index contributed by atoms with van der Waals surface area (Å²) in [6.07, 6.45) is 9.85. The largest absolute Gasteiger partial charge is 0.365 e. The summed E-state index contributed by atoms with van der Waals surface area (Å²) in [6, 6.07) is 2.15. The first-order valence-corrected chi connectivity index (χ1v) is 5.18. The van der Waals surface area contributed by atoms with Gasteiger partial charge < -0.3 is 4.98 Å². The number of aromatic nitrogens is 1. The van der Waals surface area contributed by atoms with E-state index in [-0.39, 0.29) is 0 Å². The van der Waals surface area contributed by atoms with Crippen LogP contribution in [0.15, 0.2) is 37.1 Å². The summed E-state index contributed by atoms with van der Waals surface area (Å²) in [5, 5.41) is 0. The molecule has 1 heteroatoms. The van der Waals surface area contributed by atoms with Gasteiger partial charge in [0.05, 0.1) is 0 Å². The molecule has 0 saturated heterocycles. The number of aromatic amines is 1. The van der Waals surface area contributed by atoms with Crippen LogP contribution in [0, 0.1) is 0 Å². The van der Waals surface area contributed by atoms with Crippen LogP contribution in [-0.4, -0.2) is 4.98 Å². The minimum Gasteiger partial charge on any atom is -0.365 e. The van der Waals surface area contributed by atoms with Gasteiger partial charge in [-0.2, -0.15) is 0 Å². The second-order valence-electron chi connectivity index (χ2n) is 2.95. The lowest BCUT2D eigenvalue weighted by molar-refractivity contribution is 1.00. The van der Waals surface area contributed by atoms with E-state index in [2.05, 4.69) is 31.5 Å². The maximum atomic E-state index is 3.46. The molecule has 1 rings (SSSR count). The fourth-order valence-electron chi connectivity index (χ4n) is 1.23. The molecular formula is C13H21N. The summed E-state index contributed by atoms with van der Waals surface area (Å²) in [7, 11) is 0. The highest BCUT2D eigenvalue weighted by Gasteiger charge is 1.95. The van der Waals surface area contributed by atoms with Gasteiger partial charge in [-0.1, -0.05) is 38.7 Å². The van der Waals surface area contributed by atoms with Crippen LogP contribution in [0.3, 0.4) is 0 Å². The average molecular weight is 191 g/mol. The summed E-state index contributed by atoms with van der Waals surface area (Å²) in [4.78, 5) is 3.21. The van der Waals surface area contributed by atoms with Crippen LogP contribution in [0.25, 0.3) is 0 Å². The first-order chi connectivity index (χ1) is 6.79. The lowest BCUT2D eigenvalue weighted by Gasteiger charge is -1.94. The molecule has 0 unspecified atom stereocenters. The van der Waals surface area contributed by atoms with Gasteiger partial charge in [0.15, 0.2) is 0 Å². The molecule has 1 nitrogen and oxygen atoms in total. The minimum atomic E-state index is 1.12. The average Bonchev–Trinajstić information content (AvgIpc) is 2.67. The molecule has 0 fully saturated rings. The fourth-order valence-corrected chi connectivity index (χ4v) is 1.23. The molecule has 1 N–H and O–H groups in total. The first-order valence-electron chi connectivity index (χ1n) is 5.18. The molecule has 0 aromatic carbocycles. The molecule has 14 heavy (non-hydrogen) atoms. The highest BCUT2D eigenvalue weighted by Crippen LogP contribution is 2.06. The van der Waals surface area contributed by atoms with Crippen molar-refractivity contribution in [1.29, 1.82) is 0 Å². The lowest BCUT2D eigenvalue weighted by Crippen LogP contribution is -1.85. The molecule has 0 bridgehead atoms. The van der Waals surface area contributed by atoms with Crippen molar-refractivity contribution in [2.75, 3.05) is 0 Å². The van der Waals surface area contributed by atoms with E-state index in [1.165, 1.54) is 11.3 Å². The monoisotopic (exact) mass is 191 g/mol. The smallest absolute Gasteiger partial charge is 0.0176 e. The maximum Gasteiger partial charge on any atom is 0.0176 e. The highest BCUT2D eigenvalue weighted by molar-refractivity contribution is 5.19. The van der Waals surface area contributed by atoms with Gasteiger partial charge in [0.2, 0.25) is 0 Å². The normalized spacial score (nSPS) is 9.64. The molecule has 1 aromatic rings. The third-order valence-electron chi connectivity index (χ3n) is 1.99. The zero-order valence-corrected chi connectivity index (χ0v) is 9.51. The molecule has 0 spiro atoms. The quantitative estimate of drug-likeness (QED) is 0.698. The Labute approximate surface area is 87.6 Å². The molecular weight excluding hydrogens is 170 g/mol. The zero-order valence-electron chi connectivity index (χ0n) is 9.51. The van der Waals surface area contributed by atoms with Gasteiger partial charge in [-0.05, 0) is 31.4 Å². The molecule has 1 heterocycles. The van der Waals surface area contributed by atoms with Crippen LogP contribution in [0.1, 0.15) is 32.0 Å². The Bertz CT molecular complexity index is 250. The van der Waals surface area contributed by atoms with Crippen molar-refractivity contribution in [1.82, 2.24) is 4.98 Å². The van der Waals surface area contributed by atoms with Crippen LogP contribution in [0.2, 0.25) is 0 Å². The van der Waals surface area contributed by atoms with Crippen molar-refractivity contribution >= 4 is 0 Å². The Morgan fingerprint density at radius 1 is 1.36 bits per heavy atom. The number of hydrogen-bond donors (Lipinski definition) is 1. The van der Waals surface area contributed by atoms with E-state index < -0.39 is 0 Å². The first kappa shape index (κ1) is 12.8. The minimum absolute atomic E-state index is 1.12. The van der Waals surface area contributed by atoms with Gasteiger partial charge in [0.25, 0.3) is 0 Å². The molecule has 0 radical (unpaired) electrons. The van der Waals surface area contributed by atoms with Crippen molar-refractivity contribution in [3.8, 4) is 0 Å². The Balaban J connectivity index is 0.000000292. The van der Waals surface area contributed by atoms with E-state index in [4.69, 9.17) is 0 Å². The molecule has 0 aliphatic rings. The molecule has 78 valence electrons. The summed E-state index contributed by atoms with van der Waals surface area (Å²) >= 11 is 0. The number of H-pyrrole nitrogens is 1. The predicted octanol–water partition coefficient (Wildman–Crippen LogP) is 3.89. The van der Waals surface area contributed by atoms with Gasteiger partial charge in [-0.15, -0.1) is 0 Å². The molecule has 0 atom stereocenters. The number of aryl methyl sites for hydroxylation is 2. The molecule has 1 aromatic heterocycles. The third kappa shape index (κ3) is 4.70. The summed E-state index contributed by atoms with van der Waals surface area (Å²) in [5.41, 5.74) is 2.84. The van der Waals surface area contributed by atoms with Crippen molar-refractivity contribution < 1.29 is 0 Å². The topological polar surface area (TPSA) is 15.8 Å². The van der Waals surface area contributed by atoms with Crippen LogP contribution in [-0.2, 0) is 12.8 Å². The SMILES string of the molecule is C=CC=CC.CCc1cc[nH]c1CC. The van der Waals surface area contributed by atoms with Gasteiger partial charge in [0.1, 0.15) is 0 Å². The number of nitrogens with one attached hydrogen (secondary N) is 1. The lowest BCUT2D eigenvalue weighted by atomic mass is 10.2. The number of rotatable bonds is 3. The van der Waals surface area contributed by atoms with Crippen molar-refractivity contribution in [3.63, 3.8) is 0 Å². The predicted molar refractivity (Wildman–Crippen MR) is 64.6 cm³/mol. The van der Waals surface area contributed by atoms with Crippen LogP contribution >= 0.6 is 0 Å². The van der Waals surface area contributed by atoms with Crippen molar-refractivity contribution in [3.05, 3.63) is 48.3 Å². The van der Waals surface area contributed by atoms with Crippen LogP contribution in [0.4, 0.5) is 0 Å². The van der Waals surface area contributed by atoms with E-state index in [0.717, 1.165) is 12.8 Å². The summed E-state index contributed by atoms with van der Waals surface area (Å²) in [6.45, 7) is 9.78. The van der Waals surface area contributed by atoms with E-state index >= 15 is 0 Å². The Hall–Kier alpha value is -1.24. The highest BCUT2D eigenvalue weighted by atomic mass is 14.7. The standard InChI is InChI=1S/C8H13N.C5H8/c1-3-7-5-6-9-8(7)4-2;1-3-5-4-2/h5-6,9H,3-4H2,1-2H3;3-5H,1H2,2H3. The maximum absolute atomic E-state index is 3.46. The van der Waals surface area contributed by atoms with Crippen molar-refractivity contribution in [2.24, 2.45) is 0 Å².